The Kier molecular flexibility index (Phi) is 8.10. The lowest BCUT2D eigenvalue weighted by Crippen LogP contribution is -2.40. The van der Waals surface area contributed by atoms with Gasteiger partial charge in [0.2, 0.25) is 0 Å². The van der Waals surface area contributed by atoms with Crippen molar-refractivity contribution in [1.82, 2.24) is 4.57 Å². The number of methoxy groups -OCH3 is 2. The summed E-state index contributed by atoms with van der Waals surface area (Å²) in [5.41, 5.74) is 1.70. The van der Waals surface area contributed by atoms with E-state index in [0.717, 1.165) is 0 Å². The first-order chi connectivity index (χ1) is 17.9. The lowest BCUT2D eigenvalue weighted by atomic mass is 9.95. The summed E-state index contributed by atoms with van der Waals surface area (Å²) in [5.74, 6) is 0.291. The molecule has 1 N–H and O–H groups in total. The molecule has 0 spiro atoms. The number of aromatic nitrogens is 1. The maximum Gasteiger partial charge on any atom is 0.338 e. The Balaban J connectivity index is 1.90. The fourth-order valence-electron chi connectivity index (χ4n) is 4.11. The molecule has 3 aromatic rings. The van der Waals surface area contributed by atoms with Gasteiger partial charge in [0.1, 0.15) is 18.4 Å². The van der Waals surface area contributed by atoms with Gasteiger partial charge in [-0.15, -0.1) is 0 Å². The number of allylic oxidation sites excluding steroid dienone is 1. The van der Waals surface area contributed by atoms with E-state index in [9.17, 15) is 14.7 Å². The number of carbonyl (C=O) groups is 1. The molecule has 0 saturated heterocycles. The molecule has 2 aromatic carbocycles. The molecule has 2 heterocycles. The summed E-state index contributed by atoms with van der Waals surface area (Å²) in [7, 11) is 3.06. The molecule has 1 aliphatic heterocycles. The fourth-order valence-corrected chi connectivity index (χ4v) is 5.15. The average molecular weight is 525 g/mol. The summed E-state index contributed by atoms with van der Waals surface area (Å²) in [6, 6.07) is 11.3. The predicted molar refractivity (Wildman–Crippen MR) is 139 cm³/mol. The largest absolute Gasteiger partial charge is 0.504 e. The number of phenolic OH excluding ortho intramolecular Hbond substituents is 1. The van der Waals surface area contributed by atoms with Crippen molar-refractivity contribution >= 4 is 23.4 Å². The van der Waals surface area contributed by atoms with Crippen LogP contribution in [0.15, 0.2) is 63.5 Å². The Morgan fingerprint density at radius 1 is 1.16 bits per heavy atom. The smallest absolute Gasteiger partial charge is 0.338 e. The monoisotopic (exact) mass is 524 g/mol. The first kappa shape index (κ1) is 26.2. The van der Waals surface area contributed by atoms with Gasteiger partial charge in [0, 0.05) is 12.7 Å². The number of ether oxygens (including phenoxy) is 4. The van der Waals surface area contributed by atoms with Gasteiger partial charge in [0.15, 0.2) is 16.3 Å². The highest BCUT2D eigenvalue weighted by atomic mass is 32.1. The van der Waals surface area contributed by atoms with Crippen LogP contribution in [0.3, 0.4) is 0 Å². The highest BCUT2D eigenvalue weighted by Gasteiger charge is 2.35. The number of esters is 1. The second kappa shape index (κ2) is 11.4. The third-order valence-electron chi connectivity index (χ3n) is 5.78. The second-order valence-corrected chi connectivity index (χ2v) is 9.12. The molecule has 0 bridgehead atoms. The van der Waals surface area contributed by atoms with Crippen molar-refractivity contribution in [1.29, 1.82) is 0 Å². The Morgan fingerprint density at radius 3 is 2.68 bits per heavy atom. The van der Waals surface area contributed by atoms with E-state index in [0.29, 0.717) is 44.3 Å². The molecule has 1 unspecified atom stereocenters. The van der Waals surface area contributed by atoms with Crippen molar-refractivity contribution in [3.8, 4) is 17.2 Å². The number of para-hydroxylation sites is 1. The van der Waals surface area contributed by atoms with Gasteiger partial charge in [-0.2, -0.15) is 0 Å². The fraction of sp³-hybridized carbons (Fsp3) is 0.296. The summed E-state index contributed by atoms with van der Waals surface area (Å²) in [6.07, 6.45) is 1.71. The molecular formula is C27H28N2O7S. The zero-order valence-corrected chi connectivity index (χ0v) is 21.8. The molecule has 4 rings (SSSR count). The third kappa shape index (κ3) is 5.30. The second-order valence-electron chi connectivity index (χ2n) is 8.11. The quantitative estimate of drug-likeness (QED) is 0.339. The van der Waals surface area contributed by atoms with Crippen LogP contribution in [0.4, 0.5) is 0 Å². The topological polar surface area (TPSA) is 109 Å². The van der Waals surface area contributed by atoms with Gasteiger partial charge in [-0.25, -0.2) is 9.79 Å². The minimum Gasteiger partial charge on any atom is -0.504 e. The Morgan fingerprint density at radius 2 is 1.95 bits per heavy atom. The van der Waals surface area contributed by atoms with Crippen molar-refractivity contribution in [2.75, 3.05) is 34.0 Å². The number of aromatic hydroxyl groups is 1. The van der Waals surface area contributed by atoms with Crippen molar-refractivity contribution in [3.63, 3.8) is 0 Å². The van der Waals surface area contributed by atoms with E-state index in [1.165, 1.54) is 36.2 Å². The number of thiazole rings is 1. The van der Waals surface area contributed by atoms with E-state index in [-0.39, 0.29) is 30.1 Å². The summed E-state index contributed by atoms with van der Waals surface area (Å²) in [5, 5.41) is 10.0. The van der Waals surface area contributed by atoms with Gasteiger partial charge in [-0.05, 0) is 43.7 Å². The number of nitrogens with zero attached hydrogens (tertiary/aromatic N) is 2. The van der Waals surface area contributed by atoms with Gasteiger partial charge in [-0.1, -0.05) is 35.6 Å². The number of hydrogen-bond acceptors (Lipinski definition) is 9. The number of carbonyl (C=O) groups excluding carboxylic acids is 1. The lowest BCUT2D eigenvalue weighted by molar-refractivity contribution is -0.140. The van der Waals surface area contributed by atoms with Crippen molar-refractivity contribution in [2.45, 2.75) is 19.9 Å². The van der Waals surface area contributed by atoms with Gasteiger partial charge in [0.05, 0.1) is 36.1 Å². The van der Waals surface area contributed by atoms with E-state index >= 15 is 0 Å². The molecule has 0 amide bonds. The van der Waals surface area contributed by atoms with Gasteiger partial charge >= 0.3 is 5.97 Å². The lowest BCUT2D eigenvalue weighted by Gasteiger charge is -2.26. The summed E-state index contributed by atoms with van der Waals surface area (Å²) >= 11 is 1.21. The van der Waals surface area contributed by atoms with E-state index in [1.807, 2.05) is 25.1 Å². The molecule has 0 saturated carbocycles. The minimum absolute atomic E-state index is 0.0175. The summed E-state index contributed by atoms with van der Waals surface area (Å²) in [6.45, 7) is 4.25. The molecule has 0 aliphatic carbocycles. The summed E-state index contributed by atoms with van der Waals surface area (Å²) in [4.78, 5) is 32.0. The van der Waals surface area contributed by atoms with Crippen molar-refractivity contribution in [3.05, 3.63) is 84.5 Å². The molecule has 0 radical (unpaired) electrons. The van der Waals surface area contributed by atoms with Crippen LogP contribution in [0.1, 0.15) is 31.0 Å². The van der Waals surface area contributed by atoms with Gasteiger partial charge in [-0.3, -0.25) is 9.36 Å². The standard InChI is InChI=1S/C27H28N2O7S/c1-5-35-21-14-17(10-11-19(21)30)15-22-25(31)29-24(18-8-6-7-9-20(18)34-4)23(16(2)28-27(29)37-22)26(32)36-13-12-33-3/h6-11,14-15,24,30H,5,12-13H2,1-4H3. The van der Waals surface area contributed by atoms with E-state index in [1.54, 1.807) is 31.2 Å². The summed E-state index contributed by atoms with van der Waals surface area (Å²) < 4.78 is 23.4. The third-order valence-corrected chi connectivity index (χ3v) is 6.76. The molecule has 0 fully saturated rings. The Bertz CT molecular complexity index is 1520. The van der Waals surface area contributed by atoms with Gasteiger partial charge in [0.25, 0.3) is 5.56 Å². The van der Waals surface area contributed by atoms with Crippen molar-refractivity contribution < 1.29 is 28.8 Å². The van der Waals surface area contributed by atoms with Crippen molar-refractivity contribution in [2.24, 2.45) is 4.99 Å². The zero-order valence-electron chi connectivity index (χ0n) is 21.0. The molecule has 10 heteroatoms. The van der Waals surface area contributed by atoms with E-state index < -0.39 is 12.0 Å². The SMILES string of the molecule is CCOc1cc(C=c2sc3n(c2=O)C(c2ccccc2OC)C(C(=O)OCCOC)=C(C)N=3)ccc1O. The van der Waals surface area contributed by atoms with E-state index in [4.69, 9.17) is 18.9 Å². The molecular weight excluding hydrogens is 496 g/mol. The zero-order chi connectivity index (χ0) is 26.5. The van der Waals surface area contributed by atoms with Crippen LogP contribution in [0.5, 0.6) is 17.2 Å². The number of benzene rings is 2. The molecule has 1 atom stereocenters. The number of hydrogen-bond donors (Lipinski definition) is 1. The highest BCUT2D eigenvalue weighted by molar-refractivity contribution is 7.07. The molecule has 1 aliphatic rings. The van der Waals surface area contributed by atoms with Crippen LogP contribution in [0.2, 0.25) is 0 Å². The number of phenols is 1. The first-order valence-electron chi connectivity index (χ1n) is 11.7. The molecule has 9 nitrogen and oxygen atoms in total. The van der Waals surface area contributed by atoms with Gasteiger partial charge < -0.3 is 24.1 Å². The van der Waals surface area contributed by atoms with Crippen LogP contribution in [-0.4, -0.2) is 49.7 Å². The molecule has 194 valence electrons. The van der Waals surface area contributed by atoms with E-state index in [2.05, 4.69) is 4.99 Å². The molecule has 1 aromatic heterocycles. The predicted octanol–water partition coefficient (Wildman–Crippen LogP) is 2.54. The Labute approximate surface area is 217 Å². The minimum atomic E-state index is -0.802. The number of rotatable bonds is 9. The number of fused-ring (bicyclic) bond motifs is 1. The Hall–Kier alpha value is -3.89. The van der Waals surface area contributed by atoms with Crippen LogP contribution < -0.4 is 24.4 Å². The maximum atomic E-state index is 13.8. The maximum absolute atomic E-state index is 13.8. The highest BCUT2D eigenvalue weighted by Crippen LogP contribution is 2.35. The van der Waals surface area contributed by atoms with Crippen LogP contribution in [-0.2, 0) is 14.3 Å². The average Bonchev–Trinajstić information content (AvgIpc) is 3.19. The molecule has 37 heavy (non-hydrogen) atoms. The first-order valence-corrected chi connectivity index (χ1v) is 12.5. The van der Waals surface area contributed by atoms with Crippen LogP contribution in [0.25, 0.3) is 6.08 Å². The van der Waals surface area contributed by atoms with Crippen LogP contribution in [0, 0.1) is 0 Å². The normalized spacial score (nSPS) is 15.2. The van der Waals surface area contributed by atoms with Crippen LogP contribution >= 0.6 is 11.3 Å².